The van der Waals surface area contributed by atoms with Crippen LogP contribution in [0.3, 0.4) is 0 Å². The summed E-state index contributed by atoms with van der Waals surface area (Å²) in [6.07, 6.45) is 0. The van der Waals surface area contributed by atoms with E-state index in [0.717, 1.165) is 11.3 Å². The van der Waals surface area contributed by atoms with Crippen LogP contribution in [0, 0.1) is 0 Å². The van der Waals surface area contributed by atoms with E-state index in [1.165, 1.54) is 11.8 Å². The summed E-state index contributed by atoms with van der Waals surface area (Å²) in [5.41, 5.74) is 1.09. The molecule has 0 N–H and O–H groups in total. The molecule has 0 unspecified atom stereocenters. The zero-order valence-corrected chi connectivity index (χ0v) is 14.7. The van der Waals surface area contributed by atoms with Crippen LogP contribution in [0.4, 0.5) is 5.69 Å². The third-order valence-corrected chi connectivity index (χ3v) is 3.09. The zero-order chi connectivity index (χ0) is 17.1. The summed E-state index contributed by atoms with van der Waals surface area (Å²) in [5, 5.41) is 0. The van der Waals surface area contributed by atoms with E-state index in [2.05, 4.69) is 20.8 Å². The Hall–Kier alpha value is -1.84. The average molecular weight is 305 g/mol. The van der Waals surface area contributed by atoms with Crippen LogP contribution in [-0.4, -0.2) is 24.0 Å². The molecule has 0 aliphatic heterocycles. The first-order valence-corrected chi connectivity index (χ1v) is 7.51. The topological polar surface area (TPSA) is 46.6 Å². The normalized spacial score (nSPS) is 12.0. The number of esters is 1. The van der Waals surface area contributed by atoms with Gasteiger partial charge in [0, 0.05) is 12.6 Å². The minimum absolute atomic E-state index is 0.0836. The highest BCUT2D eigenvalue weighted by molar-refractivity contribution is 5.97. The molecule has 0 bridgehead atoms. The lowest BCUT2D eigenvalue weighted by atomic mass is 9.85. The Labute approximate surface area is 133 Å². The molecule has 1 aromatic carbocycles. The van der Waals surface area contributed by atoms with E-state index >= 15 is 0 Å². The largest absolute Gasteiger partial charge is 0.459 e. The van der Waals surface area contributed by atoms with Gasteiger partial charge in [0.15, 0.2) is 0 Å². The van der Waals surface area contributed by atoms with Crippen molar-refractivity contribution < 1.29 is 14.3 Å². The number of anilines is 1. The lowest BCUT2D eigenvalue weighted by Crippen LogP contribution is -2.38. The zero-order valence-electron chi connectivity index (χ0n) is 14.7. The summed E-state index contributed by atoms with van der Waals surface area (Å²) in [6, 6.07) is 7.66. The minimum Gasteiger partial charge on any atom is -0.459 e. The molecule has 122 valence electrons. The SMILES string of the molecule is CC(=O)N(CC(=O)OC(C)(C)C)c1ccccc1C(C)(C)C. The molecule has 0 aliphatic carbocycles. The van der Waals surface area contributed by atoms with Gasteiger partial charge in [0.2, 0.25) is 5.91 Å². The molecule has 0 fully saturated rings. The van der Waals surface area contributed by atoms with Crippen LogP contribution in [0.2, 0.25) is 0 Å². The maximum Gasteiger partial charge on any atom is 0.326 e. The molecule has 1 rings (SSSR count). The highest BCUT2D eigenvalue weighted by Gasteiger charge is 2.26. The fourth-order valence-corrected chi connectivity index (χ4v) is 2.21. The van der Waals surface area contributed by atoms with E-state index in [4.69, 9.17) is 4.74 Å². The van der Waals surface area contributed by atoms with Crippen molar-refractivity contribution in [2.45, 2.75) is 59.5 Å². The molecule has 4 nitrogen and oxygen atoms in total. The van der Waals surface area contributed by atoms with Crippen molar-refractivity contribution in [3.8, 4) is 0 Å². The Morgan fingerprint density at radius 3 is 2.05 bits per heavy atom. The Morgan fingerprint density at radius 1 is 1.05 bits per heavy atom. The second-order valence-corrected chi connectivity index (χ2v) is 7.46. The second-order valence-electron chi connectivity index (χ2n) is 7.46. The van der Waals surface area contributed by atoms with Gasteiger partial charge in [-0.3, -0.25) is 9.59 Å². The summed E-state index contributed by atoms with van der Waals surface area (Å²) < 4.78 is 5.33. The molecular formula is C18H27NO3. The Balaban J connectivity index is 3.13. The molecule has 0 heterocycles. The number of carbonyl (C=O) groups is 2. The molecule has 1 amide bonds. The summed E-state index contributed by atoms with van der Waals surface area (Å²) in [5.74, 6) is -0.589. The number of carbonyl (C=O) groups excluding carboxylic acids is 2. The summed E-state index contributed by atoms with van der Waals surface area (Å²) in [6.45, 7) is 13.1. The lowest BCUT2D eigenvalue weighted by molar-refractivity contribution is -0.153. The smallest absolute Gasteiger partial charge is 0.326 e. The first kappa shape index (κ1) is 18.2. The molecule has 0 spiro atoms. The van der Waals surface area contributed by atoms with Crippen molar-refractivity contribution in [1.82, 2.24) is 0 Å². The number of nitrogens with zero attached hydrogens (tertiary/aromatic N) is 1. The van der Waals surface area contributed by atoms with E-state index < -0.39 is 11.6 Å². The van der Waals surface area contributed by atoms with Crippen LogP contribution in [0.15, 0.2) is 24.3 Å². The van der Waals surface area contributed by atoms with Crippen molar-refractivity contribution in [1.29, 1.82) is 0 Å². The number of para-hydroxylation sites is 1. The van der Waals surface area contributed by atoms with Crippen LogP contribution in [0.25, 0.3) is 0 Å². The highest BCUT2D eigenvalue weighted by Crippen LogP contribution is 2.32. The fourth-order valence-electron chi connectivity index (χ4n) is 2.21. The molecule has 0 aliphatic rings. The number of ether oxygens (including phenoxy) is 1. The van der Waals surface area contributed by atoms with E-state index in [1.54, 1.807) is 0 Å². The Bertz CT molecular complexity index is 550. The minimum atomic E-state index is -0.566. The first-order valence-electron chi connectivity index (χ1n) is 7.51. The van der Waals surface area contributed by atoms with Gasteiger partial charge in [-0.2, -0.15) is 0 Å². The molecule has 0 saturated heterocycles. The van der Waals surface area contributed by atoms with E-state index in [-0.39, 0.29) is 17.9 Å². The predicted molar refractivity (Wildman–Crippen MR) is 89.0 cm³/mol. The van der Waals surface area contributed by atoms with Crippen molar-refractivity contribution in [2.24, 2.45) is 0 Å². The van der Waals surface area contributed by atoms with Gasteiger partial charge in [0.05, 0.1) is 0 Å². The third-order valence-electron chi connectivity index (χ3n) is 3.09. The standard InChI is InChI=1S/C18H27NO3/c1-13(20)19(12-16(21)22-18(5,6)7)15-11-9-8-10-14(15)17(2,3)4/h8-11H,12H2,1-7H3. The van der Waals surface area contributed by atoms with Gasteiger partial charge >= 0.3 is 5.97 Å². The molecule has 0 atom stereocenters. The van der Waals surface area contributed by atoms with Crippen molar-refractivity contribution in [2.75, 3.05) is 11.4 Å². The molecule has 0 aromatic heterocycles. The summed E-state index contributed by atoms with van der Waals surface area (Å²) >= 11 is 0. The van der Waals surface area contributed by atoms with E-state index in [1.807, 2.05) is 45.0 Å². The number of amides is 1. The van der Waals surface area contributed by atoms with Gasteiger partial charge in [0.25, 0.3) is 0 Å². The van der Waals surface area contributed by atoms with E-state index in [0.29, 0.717) is 0 Å². The first-order chi connectivity index (χ1) is 9.92. The van der Waals surface area contributed by atoms with Crippen LogP contribution in [0.1, 0.15) is 54.0 Å². The van der Waals surface area contributed by atoms with Crippen molar-refractivity contribution in [3.05, 3.63) is 29.8 Å². The molecule has 0 radical (unpaired) electrons. The van der Waals surface area contributed by atoms with Crippen LogP contribution in [0.5, 0.6) is 0 Å². The van der Waals surface area contributed by atoms with Gasteiger partial charge in [-0.25, -0.2) is 0 Å². The molecule has 1 aromatic rings. The number of hydrogen-bond donors (Lipinski definition) is 0. The lowest BCUT2D eigenvalue weighted by Gasteiger charge is -2.30. The predicted octanol–water partition coefficient (Wildman–Crippen LogP) is 3.68. The molecule has 22 heavy (non-hydrogen) atoms. The van der Waals surface area contributed by atoms with Crippen molar-refractivity contribution in [3.63, 3.8) is 0 Å². The fraction of sp³-hybridized carbons (Fsp3) is 0.556. The quantitative estimate of drug-likeness (QED) is 0.800. The maximum absolute atomic E-state index is 12.1. The molecular weight excluding hydrogens is 278 g/mol. The highest BCUT2D eigenvalue weighted by atomic mass is 16.6. The maximum atomic E-state index is 12.1. The number of hydrogen-bond acceptors (Lipinski definition) is 3. The third kappa shape index (κ3) is 5.17. The second kappa shape index (κ2) is 6.51. The van der Waals surface area contributed by atoms with Gasteiger partial charge < -0.3 is 9.64 Å². The molecule has 0 saturated carbocycles. The number of benzene rings is 1. The van der Waals surface area contributed by atoms with Gasteiger partial charge in [-0.15, -0.1) is 0 Å². The van der Waals surface area contributed by atoms with Crippen LogP contribution >= 0.6 is 0 Å². The summed E-state index contributed by atoms with van der Waals surface area (Å²) in [7, 11) is 0. The van der Waals surface area contributed by atoms with Gasteiger partial charge in [-0.1, -0.05) is 39.0 Å². The van der Waals surface area contributed by atoms with Gasteiger partial charge in [-0.05, 0) is 37.8 Å². The van der Waals surface area contributed by atoms with Crippen LogP contribution < -0.4 is 4.90 Å². The van der Waals surface area contributed by atoms with Gasteiger partial charge in [0.1, 0.15) is 12.1 Å². The monoisotopic (exact) mass is 305 g/mol. The Morgan fingerprint density at radius 2 is 1.59 bits per heavy atom. The van der Waals surface area contributed by atoms with Crippen molar-refractivity contribution >= 4 is 17.6 Å². The average Bonchev–Trinajstić information content (AvgIpc) is 2.32. The summed E-state index contributed by atoms with van der Waals surface area (Å²) in [4.78, 5) is 25.6. The molecule has 4 heteroatoms. The van der Waals surface area contributed by atoms with Crippen LogP contribution in [-0.2, 0) is 19.7 Å². The Kier molecular flexibility index (Phi) is 5.39. The van der Waals surface area contributed by atoms with E-state index in [9.17, 15) is 9.59 Å². The number of rotatable bonds is 3.